The standard InChI is InChI=1S/C19H14SSe/c1-13-7-9-14(10-8-13)17-16-11-12-20-19(16)21-18(17)15-5-3-2-4-6-15/h2-12H,1H3. The number of hydrogen-bond donors (Lipinski definition) is 0. The van der Waals surface area contributed by atoms with Crippen LogP contribution < -0.4 is 0 Å². The van der Waals surface area contributed by atoms with Crippen LogP contribution in [0.25, 0.3) is 30.1 Å². The molecule has 0 radical (unpaired) electrons. The van der Waals surface area contributed by atoms with Gasteiger partial charge in [0.25, 0.3) is 0 Å². The van der Waals surface area contributed by atoms with Crippen molar-refractivity contribution in [2.24, 2.45) is 0 Å². The minimum absolute atomic E-state index is 0.422. The van der Waals surface area contributed by atoms with E-state index in [1.807, 2.05) is 11.3 Å². The molecule has 2 aromatic carbocycles. The first kappa shape index (κ1) is 13.1. The van der Waals surface area contributed by atoms with Crippen molar-refractivity contribution in [2.45, 2.75) is 6.92 Å². The Morgan fingerprint density at radius 2 is 1.57 bits per heavy atom. The Kier molecular flexibility index (Phi) is 3.31. The molecule has 0 saturated heterocycles. The molecule has 21 heavy (non-hydrogen) atoms. The van der Waals surface area contributed by atoms with Crippen molar-refractivity contribution >= 4 is 34.8 Å². The predicted octanol–water partition coefficient (Wildman–Crippen LogP) is 5.60. The molecule has 0 aliphatic rings. The van der Waals surface area contributed by atoms with Crippen LogP contribution in [0.5, 0.6) is 0 Å². The summed E-state index contributed by atoms with van der Waals surface area (Å²) in [6.07, 6.45) is 0. The fourth-order valence-electron chi connectivity index (χ4n) is 2.63. The van der Waals surface area contributed by atoms with Gasteiger partial charge in [-0.15, -0.1) is 0 Å². The van der Waals surface area contributed by atoms with Gasteiger partial charge in [-0.25, -0.2) is 0 Å². The van der Waals surface area contributed by atoms with Gasteiger partial charge in [0.2, 0.25) is 0 Å². The van der Waals surface area contributed by atoms with Gasteiger partial charge in [-0.05, 0) is 0 Å². The second kappa shape index (κ2) is 5.31. The molecular weight excluding hydrogens is 339 g/mol. The molecule has 2 heteroatoms. The average Bonchev–Trinajstić information content (AvgIpc) is 3.10. The molecule has 0 spiro atoms. The fourth-order valence-corrected chi connectivity index (χ4v) is 6.59. The van der Waals surface area contributed by atoms with Crippen LogP contribution in [0, 0.1) is 6.92 Å². The molecule has 4 rings (SSSR count). The van der Waals surface area contributed by atoms with Gasteiger partial charge in [-0.3, -0.25) is 0 Å². The maximum atomic E-state index is 2.28. The molecule has 0 N–H and O–H groups in total. The number of hydrogen-bond acceptors (Lipinski definition) is 1. The summed E-state index contributed by atoms with van der Waals surface area (Å²) >= 11 is 2.32. The zero-order chi connectivity index (χ0) is 14.2. The van der Waals surface area contributed by atoms with E-state index in [1.54, 1.807) is 3.57 Å². The topological polar surface area (TPSA) is 0 Å². The van der Waals surface area contributed by atoms with Crippen molar-refractivity contribution in [1.82, 2.24) is 0 Å². The molecule has 0 atom stereocenters. The summed E-state index contributed by atoms with van der Waals surface area (Å²) in [4.78, 5) is 0. The number of benzene rings is 2. The van der Waals surface area contributed by atoms with E-state index in [1.165, 1.54) is 32.1 Å². The Morgan fingerprint density at radius 3 is 2.33 bits per heavy atom. The molecule has 0 nitrogen and oxygen atoms in total. The van der Waals surface area contributed by atoms with Crippen LogP contribution >= 0.6 is 11.3 Å². The van der Waals surface area contributed by atoms with Crippen molar-refractivity contribution in [3.8, 4) is 21.1 Å². The van der Waals surface area contributed by atoms with Gasteiger partial charge in [-0.2, -0.15) is 0 Å². The molecule has 0 unspecified atom stereocenters. The van der Waals surface area contributed by atoms with Gasteiger partial charge >= 0.3 is 134 Å². The molecular formula is C19H14SSe. The van der Waals surface area contributed by atoms with E-state index >= 15 is 0 Å². The molecule has 2 heterocycles. The van der Waals surface area contributed by atoms with E-state index in [-0.39, 0.29) is 0 Å². The molecule has 2 aromatic heterocycles. The van der Waals surface area contributed by atoms with Gasteiger partial charge < -0.3 is 0 Å². The molecule has 0 fully saturated rings. The third-order valence-corrected chi connectivity index (χ3v) is 7.64. The zero-order valence-corrected chi connectivity index (χ0v) is 14.2. The molecule has 102 valence electrons. The summed E-state index contributed by atoms with van der Waals surface area (Å²) in [5, 5.41) is 3.67. The number of fused-ring (bicyclic) bond motifs is 1. The molecule has 4 aromatic rings. The van der Waals surface area contributed by atoms with Gasteiger partial charge in [0, 0.05) is 0 Å². The Morgan fingerprint density at radius 1 is 0.810 bits per heavy atom. The predicted molar refractivity (Wildman–Crippen MR) is 94.4 cm³/mol. The summed E-state index contributed by atoms with van der Waals surface area (Å²) < 4.78 is 3.07. The third-order valence-electron chi connectivity index (χ3n) is 3.70. The van der Waals surface area contributed by atoms with Crippen molar-refractivity contribution in [1.29, 1.82) is 0 Å². The van der Waals surface area contributed by atoms with Gasteiger partial charge in [0.1, 0.15) is 0 Å². The average molecular weight is 353 g/mol. The summed E-state index contributed by atoms with van der Waals surface area (Å²) in [7, 11) is 0. The molecule has 0 bridgehead atoms. The van der Waals surface area contributed by atoms with E-state index < -0.39 is 0 Å². The first-order chi connectivity index (χ1) is 10.3. The summed E-state index contributed by atoms with van der Waals surface area (Å²) in [6.45, 7) is 2.14. The van der Waals surface area contributed by atoms with Crippen molar-refractivity contribution in [2.75, 3.05) is 0 Å². The summed E-state index contributed by atoms with van der Waals surface area (Å²) in [5.74, 6) is 0. The quantitative estimate of drug-likeness (QED) is 0.412. The van der Waals surface area contributed by atoms with Crippen LogP contribution in [-0.2, 0) is 0 Å². The van der Waals surface area contributed by atoms with Gasteiger partial charge in [-0.1, -0.05) is 0 Å². The van der Waals surface area contributed by atoms with E-state index in [0.717, 1.165) is 0 Å². The van der Waals surface area contributed by atoms with E-state index in [0.29, 0.717) is 14.5 Å². The maximum absolute atomic E-state index is 2.28. The van der Waals surface area contributed by atoms with E-state index in [9.17, 15) is 0 Å². The van der Waals surface area contributed by atoms with E-state index in [2.05, 4.69) is 73.0 Å². The number of aryl methyl sites for hydroxylation is 1. The first-order valence-corrected chi connectivity index (χ1v) is 9.54. The monoisotopic (exact) mass is 354 g/mol. The molecule has 0 saturated carbocycles. The van der Waals surface area contributed by atoms with Crippen molar-refractivity contribution in [3.63, 3.8) is 0 Å². The van der Waals surface area contributed by atoms with Crippen molar-refractivity contribution < 1.29 is 0 Å². The van der Waals surface area contributed by atoms with Gasteiger partial charge in [0.05, 0.1) is 0 Å². The Bertz CT molecular complexity index is 882. The zero-order valence-electron chi connectivity index (χ0n) is 11.7. The number of rotatable bonds is 2. The Hall–Kier alpha value is -1.60. The fraction of sp³-hybridized carbons (Fsp3) is 0.0526. The van der Waals surface area contributed by atoms with Crippen LogP contribution in [0.1, 0.15) is 5.56 Å². The van der Waals surface area contributed by atoms with Crippen LogP contribution in [0.2, 0.25) is 0 Å². The van der Waals surface area contributed by atoms with Gasteiger partial charge in [0.15, 0.2) is 0 Å². The second-order valence-corrected chi connectivity index (χ2v) is 8.80. The Balaban J connectivity index is 2.01. The van der Waals surface area contributed by atoms with Crippen LogP contribution in [0.15, 0.2) is 66.0 Å². The Labute approximate surface area is 134 Å². The minimum atomic E-state index is 0.422. The first-order valence-electron chi connectivity index (χ1n) is 6.95. The second-order valence-electron chi connectivity index (χ2n) is 5.16. The summed E-state index contributed by atoms with van der Waals surface area (Å²) in [5.41, 5.74) is 5.47. The van der Waals surface area contributed by atoms with E-state index in [4.69, 9.17) is 0 Å². The van der Waals surface area contributed by atoms with Crippen LogP contribution in [0.3, 0.4) is 0 Å². The normalized spacial score (nSPS) is 11.1. The van der Waals surface area contributed by atoms with Crippen LogP contribution in [-0.4, -0.2) is 14.5 Å². The number of thiophene rings is 1. The molecule has 0 aliphatic carbocycles. The molecule has 0 amide bonds. The third kappa shape index (κ3) is 2.30. The van der Waals surface area contributed by atoms with Crippen LogP contribution in [0.4, 0.5) is 0 Å². The SMILES string of the molecule is Cc1ccc(-c2c(-c3ccccc3)[se]c3sccc23)cc1. The van der Waals surface area contributed by atoms with Crippen molar-refractivity contribution in [3.05, 3.63) is 71.6 Å². The molecule has 0 aliphatic heterocycles. The summed E-state index contributed by atoms with van der Waals surface area (Å²) in [6, 6.07) is 22.1.